The molecule has 2 heterocycles. The fourth-order valence-corrected chi connectivity index (χ4v) is 3.99. The minimum atomic E-state index is -0.167. The molecule has 0 aliphatic carbocycles. The molecule has 2 nitrogen and oxygen atoms in total. The van der Waals surface area contributed by atoms with Crippen LogP contribution in [0.5, 0.6) is 0 Å². The number of aryl methyl sites for hydroxylation is 3. The van der Waals surface area contributed by atoms with Crippen molar-refractivity contribution in [3.05, 3.63) is 70.7 Å². The van der Waals surface area contributed by atoms with Crippen molar-refractivity contribution in [1.29, 1.82) is 0 Å². The lowest BCUT2D eigenvalue weighted by Crippen LogP contribution is -2.35. The van der Waals surface area contributed by atoms with Gasteiger partial charge in [0, 0.05) is 42.1 Å². The number of rotatable bonds is 3. The standard InChI is InChI=1S/C22H25FN2/c1-15-4-9-21-19(12-15)20-14-24(3)16(2)13-22(20)25(21)11-10-17-5-7-18(23)8-6-17/h4-9,12,16H,10-11,13-14H2,1-3H3/t16-/m1/s1. The first-order valence-corrected chi connectivity index (χ1v) is 9.08. The van der Waals surface area contributed by atoms with Gasteiger partial charge in [0.15, 0.2) is 0 Å². The molecule has 4 rings (SSSR count). The van der Waals surface area contributed by atoms with Gasteiger partial charge in [-0.15, -0.1) is 0 Å². The third kappa shape index (κ3) is 2.98. The Bertz CT molecular complexity index is 908. The summed E-state index contributed by atoms with van der Waals surface area (Å²) in [6.07, 6.45) is 2.01. The molecule has 3 aromatic rings. The van der Waals surface area contributed by atoms with Gasteiger partial charge in [-0.2, -0.15) is 0 Å². The van der Waals surface area contributed by atoms with Crippen molar-refractivity contribution in [3.8, 4) is 0 Å². The fourth-order valence-electron chi connectivity index (χ4n) is 3.99. The first-order chi connectivity index (χ1) is 12.0. The van der Waals surface area contributed by atoms with E-state index >= 15 is 0 Å². The average molecular weight is 336 g/mol. The van der Waals surface area contributed by atoms with Gasteiger partial charge < -0.3 is 4.57 Å². The molecule has 1 aromatic heterocycles. The Morgan fingerprint density at radius 3 is 2.64 bits per heavy atom. The van der Waals surface area contributed by atoms with Crippen molar-refractivity contribution in [2.24, 2.45) is 0 Å². The number of aromatic nitrogens is 1. The van der Waals surface area contributed by atoms with E-state index in [-0.39, 0.29) is 5.82 Å². The highest BCUT2D eigenvalue weighted by Gasteiger charge is 2.26. The Labute approximate surface area is 148 Å². The van der Waals surface area contributed by atoms with Crippen LogP contribution < -0.4 is 0 Å². The Morgan fingerprint density at radius 2 is 1.88 bits per heavy atom. The van der Waals surface area contributed by atoms with E-state index in [4.69, 9.17) is 0 Å². The minimum absolute atomic E-state index is 0.167. The van der Waals surface area contributed by atoms with Gasteiger partial charge in [0.05, 0.1) is 0 Å². The molecule has 0 fully saturated rings. The molecule has 0 saturated carbocycles. The number of hydrogen-bond acceptors (Lipinski definition) is 1. The summed E-state index contributed by atoms with van der Waals surface area (Å²) in [5, 5.41) is 1.40. The van der Waals surface area contributed by atoms with Crippen LogP contribution in [0.3, 0.4) is 0 Å². The SMILES string of the molecule is Cc1ccc2c(c1)c1c(n2CCc2ccc(F)cc2)C[C@@H](C)N(C)C1. The molecule has 0 spiro atoms. The molecule has 1 aliphatic heterocycles. The highest BCUT2D eigenvalue weighted by atomic mass is 19.1. The van der Waals surface area contributed by atoms with Crippen molar-refractivity contribution in [2.45, 2.75) is 45.8 Å². The van der Waals surface area contributed by atoms with Crippen molar-refractivity contribution in [3.63, 3.8) is 0 Å². The van der Waals surface area contributed by atoms with Crippen molar-refractivity contribution < 1.29 is 4.39 Å². The second-order valence-electron chi connectivity index (χ2n) is 7.44. The Morgan fingerprint density at radius 1 is 1.12 bits per heavy atom. The zero-order valence-electron chi connectivity index (χ0n) is 15.2. The lowest BCUT2D eigenvalue weighted by molar-refractivity contribution is 0.228. The molecule has 2 aromatic carbocycles. The number of fused-ring (bicyclic) bond motifs is 3. The van der Waals surface area contributed by atoms with E-state index in [1.165, 1.54) is 33.3 Å². The summed E-state index contributed by atoms with van der Waals surface area (Å²) in [4.78, 5) is 2.44. The molecule has 1 atom stereocenters. The van der Waals surface area contributed by atoms with Crippen LogP contribution >= 0.6 is 0 Å². The van der Waals surface area contributed by atoms with Gasteiger partial charge in [-0.1, -0.05) is 23.8 Å². The van der Waals surface area contributed by atoms with E-state index < -0.39 is 0 Å². The number of nitrogens with zero attached hydrogens (tertiary/aromatic N) is 2. The summed E-state index contributed by atoms with van der Waals surface area (Å²) >= 11 is 0. The first kappa shape index (κ1) is 16.3. The summed E-state index contributed by atoms with van der Waals surface area (Å²) in [6.45, 7) is 6.42. The molecule has 3 heteroatoms. The van der Waals surface area contributed by atoms with Gasteiger partial charge in [0.2, 0.25) is 0 Å². The van der Waals surface area contributed by atoms with Crippen LogP contribution in [0.25, 0.3) is 10.9 Å². The van der Waals surface area contributed by atoms with E-state index in [1.54, 1.807) is 12.1 Å². The molecule has 0 saturated heterocycles. The van der Waals surface area contributed by atoms with Crippen molar-refractivity contribution >= 4 is 10.9 Å². The third-order valence-corrected chi connectivity index (χ3v) is 5.63. The summed E-state index contributed by atoms with van der Waals surface area (Å²) in [6, 6.07) is 14.3. The number of halogens is 1. The molecule has 1 aliphatic rings. The largest absolute Gasteiger partial charge is 0.344 e. The predicted octanol–water partition coefficient (Wildman–Crippen LogP) is 4.71. The highest BCUT2D eigenvalue weighted by molar-refractivity contribution is 5.86. The Kier molecular flexibility index (Phi) is 4.12. The maximum absolute atomic E-state index is 13.1. The normalized spacial score (nSPS) is 17.8. The average Bonchev–Trinajstić information content (AvgIpc) is 2.87. The molecule has 130 valence electrons. The van der Waals surface area contributed by atoms with Gasteiger partial charge in [0.25, 0.3) is 0 Å². The van der Waals surface area contributed by atoms with Gasteiger partial charge in [-0.3, -0.25) is 4.90 Å². The van der Waals surface area contributed by atoms with Crippen molar-refractivity contribution in [1.82, 2.24) is 9.47 Å². The Hall–Kier alpha value is -2.13. The van der Waals surface area contributed by atoms with Crippen LogP contribution in [0, 0.1) is 12.7 Å². The molecule has 0 unspecified atom stereocenters. The molecule has 0 radical (unpaired) electrons. The van der Waals surface area contributed by atoms with E-state index in [0.29, 0.717) is 6.04 Å². The van der Waals surface area contributed by atoms with Crippen molar-refractivity contribution in [2.75, 3.05) is 7.05 Å². The zero-order chi connectivity index (χ0) is 17.6. The summed E-state index contributed by atoms with van der Waals surface area (Å²) in [7, 11) is 2.21. The topological polar surface area (TPSA) is 8.17 Å². The maximum Gasteiger partial charge on any atom is 0.123 e. The second-order valence-corrected chi connectivity index (χ2v) is 7.44. The van der Waals surface area contributed by atoms with Gasteiger partial charge in [-0.25, -0.2) is 4.39 Å². The van der Waals surface area contributed by atoms with Crippen LogP contribution in [0.1, 0.15) is 29.3 Å². The number of likely N-dealkylation sites (N-methyl/N-ethyl adjacent to an activating group) is 1. The van der Waals surface area contributed by atoms with E-state index in [9.17, 15) is 4.39 Å². The van der Waals surface area contributed by atoms with Crippen LogP contribution in [0.2, 0.25) is 0 Å². The van der Waals surface area contributed by atoms with Crippen LogP contribution in [0.15, 0.2) is 42.5 Å². The predicted molar refractivity (Wildman–Crippen MR) is 101 cm³/mol. The van der Waals surface area contributed by atoms with Gasteiger partial charge >= 0.3 is 0 Å². The highest BCUT2D eigenvalue weighted by Crippen LogP contribution is 2.33. The van der Waals surface area contributed by atoms with Gasteiger partial charge in [-0.05, 0) is 62.7 Å². The molecule has 0 N–H and O–H groups in total. The quantitative estimate of drug-likeness (QED) is 0.672. The van der Waals surface area contributed by atoms with E-state index in [0.717, 1.165) is 25.9 Å². The smallest absolute Gasteiger partial charge is 0.123 e. The maximum atomic E-state index is 13.1. The third-order valence-electron chi connectivity index (χ3n) is 5.63. The summed E-state index contributed by atoms with van der Waals surface area (Å²) in [5.74, 6) is -0.167. The number of hydrogen-bond donors (Lipinski definition) is 0. The molecular formula is C22H25FN2. The van der Waals surface area contributed by atoms with Crippen LogP contribution in [-0.4, -0.2) is 22.6 Å². The zero-order valence-corrected chi connectivity index (χ0v) is 15.2. The number of benzene rings is 2. The lowest BCUT2D eigenvalue weighted by atomic mass is 9.99. The van der Waals surface area contributed by atoms with E-state index in [1.807, 2.05) is 12.1 Å². The molecular weight excluding hydrogens is 311 g/mol. The fraction of sp³-hybridized carbons (Fsp3) is 0.364. The first-order valence-electron chi connectivity index (χ1n) is 9.08. The van der Waals surface area contributed by atoms with Crippen LogP contribution in [0.4, 0.5) is 4.39 Å². The molecule has 25 heavy (non-hydrogen) atoms. The van der Waals surface area contributed by atoms with Crippen LogP contribution in [-0.2, 0) is 25.9 Å². The van der Waals surface area contributed by atoms with E-state index in [2.05, 4.69) is 48.6 Å². The van der Waals surface area contributed by atoms with Gasteiger partial charge in [0.1, 0.15) is 5.82 Å². The Balaban J connectivity index is 1.74. The molecule has 0 bridgehead atoms. The monoisotopic (exact) mass is 336 g/mol. The lowest BCUT2D eigenvalue weighted by Gasteiger charge is -2.31. The minimum Gasteiger partial charge on any atom is -0.344 e. The summed E-state index contributed by atoms with van der Waals surface area (Å²) < 4.78 is 15.6. The summed E-state index contributed by atoms with van der Waals surface area (Å²) in [5.41, 5.74) is 6.80. The second kappa shape index (κ2) is 6.30. The molecule has 0 amide bonds.